The number of ether oxygens (including phenoxy) is 1. The average Bonchev–Trinajstić information content (AvgIpc) is 2.63. The molecule has 0 aliphatic carbocycles. The van der Waals surface area contributed by atoms with Crippen LogP contribution in [0.3, 0.4) is 0 Å². The molecular formula is C19H16ClFN4O2. The molecule has 138 valence electrons. The normalized spacial score (nSPS) is 10.4. The van der Waals surface area contributed by atoms with E-state index in [0.717, 1.165) is 0 Å². The zero-order valence-electron chi connectivity index (χ0n) is 14.6. The summed E-state index contributed by atoms with van der Waals surface area (Å²) < 4.78 is 19.0. The second-order valence-corrected chi connectivity index (χ2v) is 6.03. The zero-order valence-corrected chi connectivity index (χ0v) is 15.3. The molecule has 0 aliphatic rings. The van der Waals surface area contributed by atoms with E-state index < -0.39 is 11.7 Å². The maximum atomic E-state index is 13.7. The van der Waals surface area contributed by atoms with E-state index in [0.29, 0.717) is 28.1 Å². The number of rotatable bonds is 5. The first kappa shape index (κ1) is 18.6. The van der Waals surface area contributed by atoms with Gasteiger partial charge in [-0.1, -0.05) is 23.7 Å². The van der Waals surface area contributed by atoms with Crippen molar-refractivity contribution in [3.63, 3.8) is 0 Å². The van der Waals surface area contributed by atoms with Gasteiger partial charge in [0.05, 0.1) is 18.5 Å². The van der Waals surface area contributed by atoms with Gasteiger partial charge in [0.1, 0.15) is 28.9 Å². The number of halogens is 2. The molecule has 2 aromatic carbocycles. The van der Waals surface area contributed by atoms with Gasteiger partial charge in [-0.05, 0) is 37.3 Å². The Morgan fingerprint density at radius 2 is 1.89 bits per heavy atom. The predicted molar refractivity (Wildman–Crippen MR) is 102 cm³/mol. The molecule has 27 heavy (non-hydrogen) atoms. The minimum atomic E-state index is -0.549. The van der Waals surface area contributed by atoms with Crippen LogP contribution >= 0.6 is 11.6 Å². The molecule has 2 N–H and O–H groups in total. The van der Waals surface area contributed by atoms with Crippen LogP contribution in [-0.2, 0) is 0 Å². The number of anilines is 3. The average molecular weight is 387 g/mol. The molecule has 0 spiro atoms. The van der Waals surface area contributed by atoms with Crippen molar-refractivity contribution in [2.24, 2.45) is 0 Å². The first-order chi connectivity index (χ1) is 13.0. The first-order valence-electron chi connectivity index (χ1n) is 7.98. The van der Waals surface area contributed by atoms with Gasteiger partial charge in [-0.25, -0.2) is 14.4 Å². The van der Waals surface area contributed by atoms with Gasteiger partial charge in [0.15, 0.2) is 0 Å². The summed E-state index contributed by atoms with van der Waals surface area (Å²) in [5.41, 5.74) is 0.752. The number of methoxy groups -OCH3 is 1. The van der Waals surface area contributed by atoms with Gasteiger partial charge in [-0.15, -0.1) is 0 Å². The van der Waals surface area contributed by atoms with Crippen molar-refractivity contribution in [3.8, 4) is 5.75 Å². The smallest absolute Gasteiger partial charge is 0.274 e. The maximum absolute atomic E-state index is 13.7. The van der Waals surface area contributed by atoms with Crippen molar-refractivity contribution in [2.45, 2.75) is 6.92 Å². The highest BCUT2D eigenvalue weighted by Crippen LogP contribution is 2.30. The van der Waals surface area contributed by atoms with Crippen molar-refractivity contribution in [1.29, 1.82) is 0 Å². The quantitative estimate of drug-likeness (QED) is 0.671. The third kappa shape index (κ3) is 4.51. The van der Waals surface area contributed by atoms with Gasteiger partial charge in [0, 0.05) is 11.1 Å². The molecule has 6 nitrogen and oxygen atoms in total. The molecular weight excluding hydrogens is 371 g/mol. The van der Waals surface area contributed by atoms with Crippen LogP contribution in [-0.4, -0.2) is 23.0 Å². The highest BCUT2D eigenvalue weighted by Gasteiger charge is 2.14. The lowest BCUT2D eigenvalue weighted by Crippen LogP contribution is -2.16. The molecule has 1 aromatic heterocycles. The van der Waals surface area contributed by atoms with Crippen LogP contribution in [0.15, 0.2) is 48.5 Å². The van der Waals surface area contributed by atoms with Crippen LogP contribution in [0.1, 0.15) is 16.3 Å². The Hall–Kier alpha value is -3.19. The third-order valence-corrected chi connectivity index (χ3v) is 3.85. The summed E-state index contributed by atoms with van der Waals surface area (Å²) in [5.74, 6) is 0.236. The van der Waals surface area contributed by atoms with Gasteiger partial charge in [-0.3, -0.25) is 4.79 Å². The zero-order chi connectivity index (χ0) is 19.4. The second-order valence-electron chi connectivity index (χ2n) is 5.59. The van der Waals surface area contributed by atoms with Crippen molar-refractivity contribution >= 4 is 34.7 Å². The Morgan fingerprint density at radius 1 is 1.11 bits per heavy atom. The highest BCUT2D eigenvalue weighted by molar-refractivity contribution is 6.31. The fraction of sp³-hybridized carbons (Fsp3) is 0.105. The molecule has 8 heteroatoms. The van der Waals surface area contributed by atoms with E-state index >= 15 is 0 Å². The lowest BCUT2D eigenvalue weighted by molar-refractivity contribution is 0.102. The molecule has 0 bridgehead atoms. The van der Waals surface area contributed by atoms with Crippen LogP contribution in [0.5, 0.6) is 5.75 Å². The summed E-state index contributed by atoms with van der Waals surface area (Å²) in [4.78, 5) is 20.8. The van der Waals surface area contributed by atoms with Gasteiger partial charge >= 0.3 is 0 Å². The Kier molecular flexibility index (Phi) is 5.52. The molecule has 1 heterocycles. The van der Waals surface area contributed by atoms with Gasteiger partial charge in [0.25, 0.3) is 5.91 Å². The summed E-state index contributed by atoms with van der Waals surface area (Å²) in [6.45, 7) is 1.65. The van der Waals surface area contributed by atoms with E-state index in [2.05, 4.69) is 20.6 Å². The molecule has 0 saturated carbocycles. The fourth-order valence-corrected chi connectivity index (χ4v) is 2.58. The summed E-state index contributed by atoms with van der Waals surface area (Å²) in [6, 6.07) is 12.5. The Morgan fingerprint density at radius 3 is 2.63 bits per heavy atom. The molecule has 3 aromatic rings. The fourth-order valence-electron chi connectivity index (χ4n) is 2.41. The molecule has 0 radical (unpaired) electrons. The largest absolute Gasteiger partial charge is 0.495 e. The summed E-state index contributed by atoms with van der Waals surface area (Å²) in [7, 11) is 1.53. The lowest BCUT2D eigenvalue weighted by atomic mass is 10.2. The van der Waals surface area contributed by atoms with E-state index in [-0.39, 0.29) is 11.4 Å². The van der Waals surface area contributed by atoms with Gasteiger partial charge in [0.2, 0.25) is 0 Å². The van der Waals surface area contributed by atoms with E-state index in [4.69, 9.17) is 16.3 Å². The molecule has 0 unspecified atom stereocenters. The van der Waals surface area contributed by atoms with Crippen LogP contribution in [0.2, 0.25) is 5.02 Å². The number of para-hydroxylation sites is 1. The summed E-state index contributed by atoms with van der Waals surface area (Å²) in [6.07, 6.45) is 0. The van der Waals surface area contributed by atoms with Gasteiger partial charge in [-0.2, -0.15) is 0 Å². The SMILES string of the molecule is COc1ccc(Cl)cc1Nc1cc(C(=O)Nc2ccccc2F)nc(C)n1. The third-order valence-electron chi connectivity index (χ3n) is 3.62. The standard InChI is InChI=1S/C19H16ClFN4O2/c1-11-22-16(19(26)25-14-6-4-3-5-13(14)21)10-18(23-11)24-15-9-12(20)7-8-17(15)27-2/h3-10H,1-2H3,(H,25,26)(H,22,23,24). The van der Waals surface area contributed by atoms with E-state index in [1.54, 1.807) is 37.3 Å². The monoisotopic (exact) mass is 386 g/mol. The van der Waals surface area contributed by atoms with Crippen molar-refractivity contribution < 1.29 is 13.9 Å². The minimum Gasteiger partial charge on any atom is -0.495 e. The van der Waals surface area contributed by atoms with E-state index in [1.807, 2.05) is 0 Å². The number of nitrogens with zero attached hydrogens (tertiary/aromatic N) is 2. The Balaban J connectivity index is 1.87. The number of hydrogen-bond donors (Lipinski definition) is 2. The second kappa shape index (κ2) is 8.01. The summed E-state index contributed by atoms with van der Waals surface area (Å²) >= 11 is 6.03. The maximum Gasteiger partial charge on any atom is 0.274 e. The minimum absolute atomic E-state index is 0.0739. The topological polar surface area (TPSA) is 76.1 Å². The van der Waals surface area contributed by atoms with E-state index in [9.17, 15) is 9.18 Å². The molecule has 0 atom stereocenters. The number of aromatic nitrogens is 2. The molecule has 0 fully saturated rings. The molecule has 1 amide bonds. The summed E-state index contributed by atoms with van der Waals surface area (Å²) in [5, 5.41) is 6.08. The van der Waals surface area contributed by atoms with Crippen LogP contribution in [0, 0.1) is 12.7 Å². The van der Waals surface area contributed by atoms with Crippen LogP contribution in [0.4, 0.5) is 21.6 Å². The first-order valence-corrected chi connectivity index (χ1v) is 8.36. The Labute approximate surface area is 160 Å². The van der Waals surface area contributed by atoms with Crippen molar-refractivity contribution in [3.05, 3.63) is 70.9 Å². The number of carbonyl (C=O) groups is 1. The van der Waals surface area contributed by atoms with Gasteiger partial charge < -0.3 is 15.4 Å². The van der Waals surface area contributed by atoms with Crippen molar-refractivity contribution in [2.75, 3.05) is 17.7 Å². The number of aryl methyl sites for hydroxylation is 1. The van der Waals surface area contributed by atoms with Crippen molar-refractivity contribution in [1.82, 2.24) is 9.97 Å². The molecule has 3 rings (SSSR count). The number of nitrogens with one attached hydrogen (secondary N) is 2. The highest BCUT2D eigenvalue weighted by atomic mass is 35.5. The number of benzene rings is 2. The van der Waals surface area contributed by atoms with Crippen LogP contribution < -0.4 is 15.4 Å². The molecule has 0 aliphatic heterocycles. The Bertz CT molecular complexity index is 997. The number of amides is 1. The molecule has 0 saturated heterocycles. The number of carbonyl (C=O) groups excluding carboxylic acids is 1. The lowest BCUT2D eigenvalue weighted by Gasteiger charge is -2.12. The predicted octanol–water partition coefficient (Wildman–Crippen LogP) is 4.58. The van der Waals surface area contributed by atoms with Crippen LogP contribution in [0.25, 0.3) is 0 Å². The number of hydrogen-bond acceptors (Lipinski definition) is 5. The van der Waals surface area contributed by atoms with E-state index in [1.165, 1.54) is 25.3 Å².